The number of nitrogens with zero attached hydrogens (tertiary/aromatic N) is 1. The van der Waals surface area contributed by atoms with Gasteiger partial charge in [0, 0.05) is 48.9 Å². The molecule has 0 aromatic heterocycles. The molecule has 0 radical (unpaired) electrons. The monoisotopic (exact) mass is 376 g/mol. The molecule has 2 aromatic rings. The number of benzene rings is 2. The molecule has 3 rings (SSSR count). The van der Waals surface area contributed by atoms with Gasteiger partial charge in [-0.1, -0.05) is 23.7 Å². The standard InChI is InChI=1S/C20H25ClN2O3/c1-24-18-11-20(26-3)19(25-2)10-15(18)13-23-8-7-22-12-17(23)14-5-4-6-16(21)9-14/h4-6,9-11,17,22H,7-8,12-13H2,1-3H3. The molecule has 1 aliphatic heterocycles. The van der Waals surface area contributed by atoms with E-state index in [1.165, 1.54) is 5.56 Å². The van der Waals surface area contributed by atoms with Gasteiger partial charge in [-0.2, -0.15) is 0 Å². The van der Waals surface area contributed by atoms with Crippen LogP contribution in [-0.2, 0) is 6.54 Å². The van der Waals surface area contributed by atoms with E-state index in [0.29, 0.717) is 11.5 Å². The average molecular weight is 377 g/mol. The van der Waals surface area contributed by atoms with Crippen molar-refractivity contribution in [1.82, 2.24) is 10.2 Å². The molecule has 140 valence electrons. The minimum atomic E-state index is 0.250. The van der Waals surface area contributed by atoms with Crippen LogP contribution in [0.3, 0.4) is 0 Å². The molecule has 0 saturated carbocycles. The van der Waals surface area contributed by atoms with E-state index in [9.17, 15) is 0 Å². The molecule has 0 amide bonds. The summed E-state index contributed by atoms with van der Waals surface area (Å²) >= 11 is 6.20. The molecule has 1 heterocycles. The summed E-state index contributed by atoms with van der Waals surface area (Å²) in [7, 11) is 4.95. The van der Waals surface area contributed by atoms with Crippen LogP contribution in [0.1, 0.15) is 17.2 Å². The molecular formula is C20H25ClN2O3. The van der Waals surface area contributed by atoms with Crippen LogP contribution in [0.5, 0.6) is 17.2 Å². The first-order valence-corrected chi connectivity index (χ1v) is 9.03. The van der Waals surface area contributed by atoms with Crippen molar-refractivity contribution in [2.45, 2.75) is 12.6 Å². The molecule has 1 N–H and O–H groups in total. The summed E-state index contributed by atoms with van der Waals surface area (Å²) in [6, 6.07) is 12.2. The normalized spacial score (nSPS) is 17.8. The summed E-state index contributed by atoms with van der Waals surface area (Å²) in [6.07, 6.45) is 0. The topological polar surface area (TPSA) is 43.0 Å². The largest absolute Gasteiger partial charge is 0.496 e. The number of piperazine rings is 1. The van der Waals surface area contributed by atoms with Gasteiger partial charge in [-0.15, -0.1) is 0 Å². The van der Waals surface area contributed by atoms with Gasteiger partial charge in [-0.05, 0) is 23.8 Å². The lowest BCUT2D eigenvalue weighted by molar-refractivity contribution is 0.152. The SMILES string of the molecule is COc1cc(OC)c(OC)cc1CN1CCNCC1c1cccc(Cl)c1. The van der Waals surface area contributed by atoms with Gasteiger partial charge in [0.1, 0.15) is 5.75 Å². The van der Waals surface area contributed by atoms with Crippen molar-refractivity contribution in [2.75, 3.05) is 41.0 Å². The van der Waals surface area contributed by atoms with Crippen LogP contribution in [-0.4, -0.2) is 45.9 Å². The van der Waals surface area contributed by atoms with Crippen LogP contribution in [0.2, 0.25) is 5.02 Å². The second-order valence-corrected chi connectivity index (χ2v) is 6.70. The minimum absolute atomic E-state index is 0.250. The Morgan fingerprint density at radius 1 is 1.04 bits per heavy atom. The van der Waals surface area contributed by atoms with Crippen molar-refractivity contribution >= 4 is 11.6 Å². The number of halogens is 1. The molecule has 1 unspecified atom stereocenters. The molecule has 26 heavy (non-hydrogen) atoms. The van der Waals surface area contributed by atoms with Crippen LogP contribution < -0.4 is 19.5 Å². The Morgan fingerprint density at radius 3 is 2.46 bits per heavy atom. The molecule has 1 atom stereocenters. The quantitative estimate of drug-likeness (QED) is 0.835. The van der Waals surface area contributed by atoms with Gasteiger partial charge in [0.25, 0.3) is 0 Å². The van der Waals surface area contributed by atoms with Gasteiger partial charge in [-0.3, -0.25) is 4.90 Å². The minimum Gasteiger partial charge on any atom is -0.496 e. The first-order chi connectivity index (χ1) is 12.7. The van der Waals surface area contributed by atoms with E-state index in [4.69, 9.17) is 25.8 Å². The summed E-state index contributed by atoms with van der Waals surface area (Å²) in [4.78, 5) is 2.44. The van der Waals surface area contributed by atoms with Gasteiger partial charge in [0.05, 0.1) is 21.3 Å². The highest BCUT2D eigenvalue weighted by Crippen LogP contribution is 2.36. The van der Waals surface area contributed by atoms with Gasteiger partial charge >= 0.3 is 0 Å². The van der Waals surface area contributed by atoms with Crippen LogP contribution in [0.15, 0.2) is 36.4 Å². The van der Waals surface area contributed by atoms with E-state index in [1.807, 2.05) is 30.3 Å². The molecule has 1 saturated heterocycles. The Hall–Kier alpha value is -1.95. The van der Waals surface area contributed by atoms with E-state index in [0.717, 1.165) is 42.5 Å². The van der Waals surface area contributed by atoms with Gasteiger partial charge in [0.15, 0.2) is 11.5 Å². The van der Waals surface area contributed by atoms with Crippen LogP contribution in [0, 0.1) is 0 Å². The molecule has 0 bridgehead atoms. The second kappa shape index (κ2) is 8.62. The van der Waals surface area contributed by atoms with Crippen LogP contribution in [0.4, 0.5) is 0 Å². The molecule has 0 aliphatic carbocycles. The Kier molecular flexibility index (Phi) is 6.25. The first-order valence-electron chi connectivity index (χ1n) is 8.65. The zero-order valence-electron chi connectivity index (χ0n) is 15.4. The molecule has 1 aliphatic rings. The van der Waals surface area contributed by atoms with E-state index < -0.39 is 0 Å². The number of methoxy groups -OCH3 is 3. The fourth-order valence-electron chi connectivity index (χ4n) is 3.41. The Labute approximate surface area is 159 Å². The zero-order valence-corrected chi connectivity index (χ0v) is 16.2. The molecule has 0 spiro atoms. The van der Waals surface area contributed by atoms with E-state index in [1.54, 1.807) is 21.3 Å². The number of nitrogens with one attached hydrogen (secondary N) is 1. The van der Waals surface area contributed by atoms with E-state index in [2.05, 4.69) is 16.3 Å². The predicted molar refractivity (Wildman–Crippen MR) is 104 cm³/mol. The summed E-state index contributed by atoms with van der Waals surface area (Å²) in [5, 5.41) is 4.24. The maximum atomic E-state index is 6.20. The Bertz CT molecular complexity index is 754. The number of hydrogen-bond acceptors (Lipinski definition) is 5. The molecule has 2 aromatic carbocycles. The van der Waals surface area contributed by atoms with Crippen molar-refractivity contribution in [3.05, 3.63) is 52.5 Å². The second-order valence-electron chi connectivity index (χ2n) is 6.26. The molecule has 5 nitrogen and oxygen atoms in total. The van der Waals surface area contributed by atoms with Gasteiger partial charge in [0.2, 0.25) is 0 Å². The molecular weight excluding hydrogens is 352 g/mol. The third kappa shape index (κ3) is 4.06. The lowest BCUT2D eigenvalue weighted by Crippen LogP contribution is -2.45. The Balaban J connectivity index is 1.90. The Morgan fingerprint density at radius 2 is 1.77 bits per heavy atom. The van der Waals surface area contributed by atoms with E-state index >= 15 is 0 Å². The van der Waals surface area contributed by atoms with Crippen molar-refractivity contribution in [3.63, 3.8) is 0 Å². The summed E-state index contributed by atoms with van der Waals surface area (Å²) in [5.41, 5.74) is 2.28. The summed E-state index contributed by atoms with van der Waals surface area (Å²) in [6.45, 7) is 3.53. The highest BCUT2D eigenvalue weighted by molar-refractivity contribution is 6.30. The smallest absolute Gasteiger partial charge is 0.164 e. The highest BCUT2D eigenvalue weighted by atomic mass is 35.5. The van der Waals surface area contributed by atoms with Gasteiger partial charge < -0.3 is 19.5 Å². The lowest BCUT2D eigenvalue weighted by Gasteiger charge is -2.37. The summed E-state index contributed by atoms with van der Waals surface area (Å²) < 4.78 is 16.4. The summed E-state index contributed by atoms with van der Waals surface area (Å²) in [5.74, 6) is 2.17. The third-order valence-electron chi connectivity index (χ3n) is 4.75. The van der Waals surface area contributed by atoms with Crippen LogP contribution in [0.25, 0.3) is 0 Å². The van der Waals surface area contributed by atoms with Crippen molar-refractivity contribution < 1.29 is 14.2 Å². The average Bonchev–Trinajstić information content (AvgIpc) is 2.68. The first kappa shape index (κ1) is 18.8. The molecule has 1 fully saturated rings. The maximum absolute atomic E-state index is 6.20. The zero-order chi connectivity index (χ0) is 18.5. The maximum Gasteiger partial charge on any atom is 0.164 e. The molecule has 6 heteroatoms. The third-order valence-corrected chi connectivity index (χ3v) is 4.98. The predicted octanol–water partition coefficient (Wildman–Crippen LogP) is 3.51. The van der Waals surface area contributed by atoms with Crippen LogP contribution >= 0.6 is 11.6 Å². The fraction of sp³-hybridized carbons (Fsp3) is 0.400. The number of hydrogen-bond donors (Lipinski definition) is 1. The van der Waals surface area contributed by atoms with E-state index in [-0.39, 0.29) is 6.04 Å². The van der Waals surface area contributed by atoms with Crippen molar-refractivity contribution in [1.29, 1.82) is 0 Å². The van der Waals surface area contributed by atoms with Gasteiger partial charge in [-0.25, -0.2) is 0 Å². The van der Waals surface area contributed by atoms with Crippen molar-refractivity contribution in [2.24, 2.45) is 0 Å². The number of rotatable bonds is 6. The number of ether oxygens (including phenoxy) is 3. The van der Waals surface area contributed by atoms with Crippen molar-refractivity contribution in [3.8, 4) is 17.2 Å². The highest BCUT2D eigenvalue weighted by Gasteiger charge is 2.25. The fourth-order valence-corrected chi connectivity index (χ4v) is 3.61. The lowest BCUT2D eigenvalue weighted by atomic mass is 10.0.